The average molecular weight is 254 g/mol. The van der Waals surface area contributed by atoms with Gasteiger partial charge < -0.3 is 4.74 Å². The Morgan fingerprint density at radius 3 is 2.83 bits per heavy atom. The molecule has 0 aliphatic carbocycles. The first-order chi connectivity index (χ1) is 8.70. The van der Waals surface area contributed by atoms with Crippen molar-refractivity contribution in [2.24, 2.45) is 0 Å². The summed E-state index contributed by atoms with van der Waals surface area (Å²) in [5, 5.41) is 0. The molecule has 2 saturated heterocycles. The fourth-order valence-corrected chi connectivity index (χ4v) is 3.08. The molecular weight excluding hydrogens is 228 g/mol. The van der Waals surface area contributed by atoms with Crippen molar-refractivity contribution >= 4 is 5.97 Å². The van der Waals surface area contributed by atoms with Gasteiger partial charge in [0, 0.05) is 25.2 Å². The maximum absolute atomic E-state index is 11.7. The van der Waals surface area contributed by atoms with Gasteiger partial charge in [0.25, 0.3) is 0 Å². The fraction of sp³-hybridized carbons (Fsp3) is 0.929. The number of carbonyl (C=O) groups is 1. The summed E-state index contributed by atoms with van der Waals surface area (Å²) in [7, 11) is 2.23. The summed E-state index contributed by atoms with van der Waals surface area (Å²) in [5.41, 5.74) is 0. The van der Waals surface area contributed by atoms with E-state index in [0.29, 0.717) is 19.2 Å². The molecule has 2 atom stereocenters. The zero-order valence-electron chi connectivity index (χ0n) is 11.7. The zero-order valence-corrected chi connectivity index (χ0v) is 11.7. The number of hydrogen-bond donors (Lipinski definition) is 0. The van der Waals surface area contributed by atoms with E-state index in [1.807, 2.05) is 0 Å². The highest BCUT2D eigenvalue weighted by Gasteiger charge is 2.34. The number of rotatable bonds is 5. The second-order valence-electron chi connectivity index (χ2n) is 5.65. The predicted molar refractivity (Wildman–Crippen MR) is 71.5 cm³/mol. The Kier molecular flexibility index (Phi) is 5.01. The van der Waals surface area contributed by atoms with Crippen LogP contribution in [0.15, 0.2) is 0 Å². The molecule has 2 heterocycles. The molecule has 0 radical (unpaired) electrons. The number of ether oxygens (including phenoxy) is 1. The third-order valence-electron chi connectivity index (χ3n) is 4.35. The van der Waals surface area contributed by atoms with Crippen LogP contribution in [0, 0.1) is 0 Å². The molecule has 0 spiro atoms. The lowest BCUT2D eigenvalue weighted by molar-refractivity contribution is -0.145. The van der Waals surface area contributed by atoms with E-state index in [1.165, 1.54) is 19.3 Å². The van der Waals surface area contributed by atoms with Crippen molar-refractivity contribution < 1.29 is 9.53 Å². The van der Waals surface area contributed by atoms with E-state index in [4.69, 9.17) is 4.74 Å². The highest BCUT2D eigenvalue weighted by atomic mass is 16.5. The van der Waals surface area contributed by atoms with Crippen LogP contribution in [-0.2, 0) is 9.53 Å². The molecule has 2 fully saturated rings. The summed E-state index contributed by atoms with van der Waals surface area (Å²) < 4.78 is 5.24. The van der Waals surface area contributed by atoms with Crippen LogP contribution in [0.5, 0.6) is 0 Å². The zero-order chi connectivity index (χ0) is 13.0. The third-order valence-corrected chi connectivity index (χ3v) is 4.35. The Balaban J connectivity index is 1.75. The molecule has 4 heteroatoms. The van der Waals surface area contributed by atoms with Gasteiger partial charge in [-0.2, -0.15) is 0 Å². The molecule has 0 aromatic rings. The Hall–Kier alpha value is -0.610. The molecule has 18 heavy (non-hydrogen) atoms. The first-order valence-corrected chi connectivity index (χ1v) is 7.30. The second-order valence-corrected chi connectivity index (χ2v) is 5.65. The van der Waals surface area contributed by atoms with E-state index < -0.39 is 0 Å². The van der Waals surface area contributed by atoms with Crippen LogP contribution in [0.1, 0.15) is 39.0 Å². The molecule has 2 aliphatic heterocycles. The molecule has 4 nitrogen and oxygen atoms in total. The number of likely N-dealkylation sites (N-methyl/N-ethyl adjacent to an activating group) is 1. The van der Waals surface area contributed by atoms with Crippen molar-refractivity contribution in [1.82, 2.24) is 9.80 Å². The summed E-state index contributed by atoms with van der Waals surface area (Å²) in [4.78, 5) is 16.5. The van der Waals surface area contributed by atoms with Gasteiger partial charge in [-0.1, -0.05) is 13.3 Å². The third kappa shape index (κ3) is 3.45. The molecule has 2 aliphatic rings. The van der Waals surface area contributed by atoms with Gasteiger partial charge in [-0.05, 0) is 32.7 Å². The van der Waals surface area contributed by atoms with Crippen LogP contribution in [0.25, 0.3) is 0 Å². The van der Waals surface area contributed by atoms with Crippen LogP contribution in [-0.4, -0.2) is 61.1 Å². The Bertz CT molecular complexity index is 283. The maximum atomic E-state index is 11.7. The van der Waals surface area contributed by atoms with Crippen LogP contribution < -0.4 is 0 Å². The molecule has 0 saturated carbocycles. The van der Waals surface area contributed by atoms with Gasteiger partial charge in [-0.15, -0.1) is 0 Å². The van der Waals surface area contributed by atoms with Crippen LogP contribution in [0.3, 0.4) is 0 Å². The lowest BCUT2D eigenvalue weighted by atomic mass is 10.1. The van der Waals surface area contributed by atoms with Crippen molar-refractivity contribution in [3.8, 4) is 0 Å². The molecule has 2 unspecified atom stereocenters. The van der Waals surface area contributed by atoms with Gasteiger partial charge in [0.2, 0.25) is 0 Å². The summed E-state index contributed by atoms with van der Waals surface area (Å²) in [6, 6.07) is 1.37. The standard InChI is InChI=1S/C14H26N2O2/c1-3-4-9-18-14(17)11-16-8-7-12-5-6-13(10-16)15(12)2/h12-13H,3-11H2,1-2H3. The van der Waals surface area contributed by atoms with Crippen molar-refractivity contribution in [3.63, 3.8) is 0 Å². The summed E-state index contributed by atoms with van der Waals surface area (Å²) in [6.07, 6.45) is 5.85. The lowest BCUT2D eigenvalue weighted by Crippen LogP contribution is -2.39. The molecule has 0 aromatic heterocycles. The molecule has 2 rings (SSSR count). The minimum absolute atomic E-state index is 0.0520. The number of unbranched alkanes of at least 4 members (excludes halogenated alkanes) is 1. The average Bonchev–Trinajstić information content (AvgIpc) is 2.58. The van der Waals surface area contributed by atoms with Crippen molar-refractivity contribution in [3.05, 3.63) is 0 Å². The molecular formula is C14H26N2O2. The van der Waals surface area contributed by atoms with E-state index >= 15 is 0 Å². The van der Waals surface area contributed by atoms with E-state index in [0.717, 1.165) is 32.0 Å². The quantitative estimate of drug-likeness (QED) is 0.550. The smallest absolute Gasteiger partial charge is 0.320 e. The topological polar surface area (TPSA) is 32.8 Å². The number of carbonyl (C=O) groups excluding carboxylic acids is 1. The van der Waals surface area contributed by atoms with Gasteiger partial charge in [0.1, 0.15) is 0 Å². The predicted octanol–water partition coefficient (Wildman–Crippen LogP) is 1.50. The van der Waals surface area contributed by atoms with Crippen molar-refractivity contribution in [2.75, 3.05) is 33.3 Å². The second kappa shape index (κ2) is 6.53. The van der Waals surface area contributed by atoms with Crippen LogP contribution in [0.2, 0.25) is 0 Å². The summed E-state index contributed by atoms with van der Waals surface area (Å²) in [5.74, 6) is -0.0520. The molecule has 104 valence electrons. The first kappa shape index (κ1) is 13.8. The van der Waals surface area contributed by atoms with E-state index in [-0.39, 0.29) is 5.97 Å². The normalized spacial score (nSPS) is 29.2. The van der Waals surface area contributed by atoms with E-state index in [1.54, 1.807) is 0 Å². The van der Waals surface area contributed by atoms with Gasteiger partial charge >= 0.3 is 5.97 Å². The van der Waals surface area contributed by atoms with Crippen molar-refractivity contribution in [2.45, 2.75) is 51.1 Å². The molecule has 2 bridgehead atoms. The van der Waals surface area contributed by atoms with Gasteiger partial charge in [-0.3, -0.25) is 14.6 Å². The maximum Gasteiger partial charge on any atom is 0.320 e. The van der Waals surface area contributed by atoms with Gasteiger partial charge in [-0.25, -0.2) is 0 Å². The van der Waals surface area contributed by atoms with Gasteiger partial charge in [0.15, 0.2) is 0 Å². The number of fused-ring (bicyclic) bond motifs is 2. The molecule has 0 amide bonds. The van der Waals surface area contributed by atoms with Crippen molar-refractivity contribution in [1.29, 1.82) is 0 Å². The Labute approximate surface area is 110 Å². The number of hydrogen-bond acceptors (Lipinski definition) is 4. The summed E-state index contributed by atoms with van der Waals surface area (Å²) in [6.45, 7) is 5.22. The SMILES string of the molecule is CCCCOC(=O)CN1CCC2CCC(C1)N2C. The van der Waals surface area contributed by atoms with E-state index in [2.05, 4.69) is 23.8 Å². The number of likely N-dealkylation sites (tertiary alicyclic amines) is 1. The van der Waals surface area contributed by atoms with Crippen LogP contribution in [0.4, 0.5) is 0 Å². The first-order valence-electron chi connectivity index (χ1n) is 7.30. The number of nitrogens with zero attached hydrogens (tertiary/aromatic N) is 2. The lowest BCUT2D eigenvalue weighted by Gasteiger charge is -2.24. The Morgan fingerprint density at radius 2 is 2.06 bits per heavy atom. The summed E-state index contributed by atoms with van der Waals surface area (Å²) >= 11 is 0. The minimum Gasteiger partial charge on any atom is -0.465 e. The molecule has 0 aromatic carbocycles. The number of esters is 1. The minimum atomic E-state index is -0.0520. The highest BCUT2D eigenvalue weighted by Crippen LogP contribution is 2.28. The fourth-order valence-electron chi connectivity index (χ4n) is 3.08. The van der Waals surface area contributed by atoms with Crippen LogP contribution >= 0.6 is 0 Å². The Morgan fingerprint density at radius 1 is 1.28 bits per heavy atom. The highest BCUT2D eigenvalue weighted by molar-refractivity contribution is 5.71. The van der Waals surface area contributed by atoms with E-state index in [9.17, 15) is 4.79 Å². The largest absolute Gasteiger partial charge is 0.465 e. The molecule has 0 N–H and O–H groups in total. The van der Waals surface area contributed by atoms with Gasteiger partial charge in [0.05, 0.1) is 13.2 Å². The monoisotopic (exact) mass is 254 g/mol.